The van der Waals surface area contributed by atoms with Crippen molar-refractivity contribution >= 4 is 32.3 Å². The van der Waals surface area contributed by atoms with Gasteiger partial charge in [0, 0.05) is 24.9 Å². The number of fused-ring (bicyclic) bond motifs is 1. The second-order valence-corrected chi connectivity index (χ2v) is 10.7. The Kier molecular flexibility index (Phi) is 6.91. The summed E-state index contributed by atoms with van der Waals surface area (Å²) in [6, 6.07) is 6.86. The second kappa shape index (κ2) is 9.25. The van der Waals surface area contributed by atoms with E-state index in [4.69, 9.17) is 0 Å². The van der Waals surface area contributed by atoms with Gasteiger partial charge >= 0.3 is 0 Å². The highest BCUT2D eigenvalue weighted by Crippen LogP contribution is 2.39. The molecular formula is C21H24FN3O3S2. The molecule has 0 aliphatic heterocycles. The van der Waals surface area contributed by atoms with E-state index < -0.39 is 15.8 Å². The van der Waals surface area contributed by atoms with Gasteiger partial charge in [-0.25, -0.2) is 17.1 Å². The number of rotatable bonds is 7. The Hall–Kier alpha value is -2.28. The number of carbonyl (C=O) groups is 1. The van der Waals surface area contributed by atoms with Gasteiger partial charge in [-0.05, 0) is 61.4 Å². The van der Waals surface area contributed by atoms with Gasteiger partial charge in [0.2, 0.25) is 15.9 Å². The lowest BCUT2D eigenvalue weighted by Crippen LogP contribution is -2.28. The average Bonchev–Trinajstić information content (AvgIpc) is 3.03. The smallest absolute Gasteiger partial charge is 0.242 e. The molecule has 1 N–H and O–H groups in total. The molecule has 1 aromatic carbocycles. The van der Waals surface area contributed by atoms with E-state index in [2.05, 4.69) is 18.3 Å². The summed E-state index contributed by atoms with van der Waals surface area (Å²) >= 11 is 1.47. The Bertz CT molecular complexity index is 1070. The molecule has 0 spiro atoms. The van der Waals surface area contributed by atoms with Gasteiger partial charge in [-0.1, -0.05) is 6.92 Å². The fraction of sp³-hybridized carbons (Fsp3) is 0.429. The SMILES string of the molecule is C[C@H]1CCc2c(sc(NC(=O)CCCN(C)S(=O)(=O)c3ccc(F)cc3)c2C#N)C1. The van der Waals surface area contributed by atoms with Crippen LogP contribution < -0.4 is 5.32 Å². The fourth-order valence-corrected chi connectivity index (χ4v) is 6.10. The summed E-state index contributed by atoms with van der Waals surface area (Å²) in [6.45, 7) is 2.33. The lowest BCUT2D eigenvalue weighted by atomic mass is 9.88. The van der Waals surface area contributed by atoms with Gasteiger partial charge in [0.25, 0.3) is 0 Å². The number of thiophene rings is 1. The third kappa shape index (κ3) is 4.89. The highest BCUT2D eigenvalue weighted by atomic mass is 32.2. The Morgan fingerprint density at radius 2 is 2.07 bits per heavy atom. The van der Waals surface area contributed by atoms with Gasteiger partial charge in [-0.3, -0.25) is 4.79 Å². The molecule has 30 heavy (non-hydrogen) atoms. The minimum Gasteiger partial charge on any atom is -0.317 e. The molecule has 1 aliphatic carbocycles. The summed E-state index contributed by atoms with van der Waals surface area (Å²) in [4.78, 5) is 13.6. The van der Waals surface area contributed by atoms with Crippen molar-refractivity contribution in [2.75, 3.05) is 18.9 Å². The number of hydrogen-bond donors (Lipinski definition) is 1. The van der Waals surface area contributed by atoms with Crippen LogP contribution in [0.5, 0.6) is 0 Å². The van der Waals surface area contributed by atoms with Crippen molar-refractivity contribution in [3.8, 4) is 6.07 Å². The number of anilines is 1. The number of carbonyl (C=O) groups excluding carboxylic acids is 1. The molecule has 0 saturated carbocycles. The standard InChI is InChI=1S/C21H24FN3O3S2/c1-14-5-10-17-18(13-23)21(29-19(17)12-14)24-20(26)4-3-11-25(2)30(27,28)16-8-6-15(22)7-9-16/h6-9,14H,3-5,10-12H2,1-2H3,(H,24,26)/t14-/m0/s1. The van der Waals surface area contributed by atoms with E-state index in [1.54, 1.807) is 0 Å². The molecule has 9 heteroatoms. The summed E-state index contributed by atoms with van der Waals surface area (Å²) in [5.41, 5.74) is 1.62. The predicted octanol–water partition coefficient (Wildman–Crippen LogP) is 3.92. The molecule has 1 aliphatic rings. The molecule has 6 nitrogen and oxygen atoms in total. The highest BCUT2D eigenvalue weighted by Gasteiger charge is 2.25. The van der Waals surface area contributed by atoms with Crippen LogP contribution in [0, 0.1) is 23.1 Å². The van der Waals surface area contributed by atoms with Crippen LogP contribution in [0.25, 0.3) is 0 Å². The molecule has 1 atom stereocenters. The lowest BCUT2D eigenvalue weighted by molar-refractivity contribution is -0.116. The summed E-state index contributed by atoms with van der Waals surface area (Å²) in [5, 5.41) is 12.9. The first-order valence-electron chi connectivity index (χ1n) is 9.78. The van der Waals surface area contributed by atoms with Crippen molar-refractivity contribution in [2.24, 2.45) is 5.92 Å². The van der Waals surface area contributed by atoms with Crippen molar-refractivity contribution < 1.29 is 17.6 Å². The highest BCUT2D eigenvalue weighted by molar-refractivity contribution is 7.89. The van der Waals surface area contributed by atoms with Crippen molar-refractivity contribution in [1.29, 1.82) is 5.26 Å². The molecule has 1 aromatic heterocycles. The second-order valence-electron chi connectivity index (χ2n) is 7.60. The number of sulfonamides is 1. The first-order chi connectivity index (χ1) is 14.2. The van der Waals surface area contributed by atoms with Gasteiger partial charge in [0.05, 0.1) is 10.5 Å². The van der Waals surface area contributed by atoms with Crippen LogP contribution in [-0.2, 0) is 27.7 Å². The fourth-order valence-electron chi connectivity index (χ4n) is 3.52. The number of amides is 1. The van der Waals surface area contributed by atoms with Gasteiger partial charge in [-0.2, -0.15) is 5.26 Å². The molecule has 1 heterocycles. The Balaban J connectivity index is 1.57. The van der Waals surface area contributed by atoms with Crippen molar-refractivity contribution in [3.05, 3.63) is 46.1 Å². The summed E-state index contributed by atoms with van der Waals surface area (Å²) in [5.74, 6) is -0.176. The van der Waals surface area contributed by atoms with Crippen LogP contribution in [0.4, 0.5) is 9.39 Å². The molecule has 0 saturated heterocycles. The summed E-state index contributed by atoms with van der Waals surface area (Å²) in [6.07, 6.45) is 3.29. The minimum absolute atomic E-state index is 0.00732. The number of benzene rings is 1. The van der Waals surface area contributed by atoms with Gasteiger partial charge in [0.1, 0.15) is 16.9 Å². The number of nitrogens with one attached hydrogen (secondary N) is 1. The van der Waals surface area contributed by atoms with Crippen molar-refractivity contribution in [1.82, 2.24) is 4.31 Å². The van der Waals surface area contributed by atoms with E-state index in [1.165, 1.54) is 35.4 Å². The third-order valence-corrected chi connectivity index (χ3v) is 8.32. The van der Waals surface area contributed by atoms with Crippen LogP contribution in [0.2, 0.25) is 0 Å². The monoisotopic (exact) mass is 449 g/mol. The molecule has 160 valence electrons. The Labute approximate surface area is 180 Å². The molecule has 0 fully saturated rings. The van der Waals surface area contributed by atoms with E-state index in [0.29, 0.717) is 22.9 Å². The average molecular weight is 450 g/mol. The Morgan fingerprint density at radius 1 is 1.37 bits per heavy atom. The molecular weight excluding hydrogens is 425 g/mol. The van der Waals surface area contributed by atoms with Gasteiger partial charge in [-0.15, -0.1) is 11.3 Å². The van der Waals surface area contributed by atoms with Crippen LogP contribution in [-0.4, -0.2) is 32.2 Å². The zero-order valence-corrected chi connectivity index (χ0v) is 18.6. The van der Waals surface area contributed by atoms with Crippen molar-refractivity contribution in [2.45, 2.75) is 43.9 Å². The van der Waals surface area contributed by atoms with Crippen LogP contribution >= 0.6 is 11.3 Å². The van der Waals surface area contributed by atoms with E-state index >= 15 is 0 Å². The first-order valence-corrected chi connectivity index (χ1v) is 12.0. The van der Waals surface area contributed by atoms with Gasteiger partial charge < -0.3 is 5.32 Å². The van der Waals surface area contributed by atoms with Crippen LogP contribution in [0.1, 0.15) is 42.2 Å². The molecule has 1 amide bonds. The zero-order chi connectivity index (χ0) is 21.9. The van der Waals surface area contributed by atoms with E-state index in [-0.39, 0.29) is 23.8 Å². The molecule has 0 radical (unpaired) electrons. The topological polar surface area (TPSA) is 90.3 Å². The molecule has 0 bridgehead atoms. The number of hydrogen-bond acceptors (Lipinski definition) is 5. The summed E-state index contributed by atoms with van der Waals surface area (Å²) < 4.78 is 39.2. The molecule has 2 aromatic rings. The normalized spacial score (nSPS) is 16.2. The number of halogens is 1. The predicted molar refractivity (Wildman–Crippen MR) is 114 cm³/mol. The van der Waals surface area contributed by atoms with E-state index in [1.807, 2.05) is 0 Å². The largest absolute Gasteiger partial charge is 0.317 e. The summed E-state index contributed by atoms with van der Waals surface area (Å²) in [7, 11) is -2.31. The third-order valence-electron chi connectivity index (χ3n) is 5.28. The zero-order valence-electron chi connectivity index (χ0n) is 16.9. The maximum Gasteiger partial charge on any atom is 0.242 e. The first kappa shape index (κ1) is 22.4. The van der Waals surface area contributed by atoms with Gasteiger partial charge in [0.15, 0.2) is 0 Å². The van der Waals surface area contributed by atoms with E-state index in [0.717, 1.165) is 41.3 Å². The van der Waals surface area contributed by atoms with Crippen LogP contribution in [0.3, 0.4) is 0 Å². The lowest BCUT2D eigenvalue weighted by Gasteiger charge is -2.17. The quantitative estimate of drug-likeness (QED) is 0.694. The van der Waals surface area contributed by atoms with E-state index in [9.17, 15) is 22.9 Å². The van der Waals surface area contributed by atoms with Crippen LogP contribution in [0.15, 0.2) is 29.2 Å². The number of nitrogens with zero attached hydrogens (tertiary/aromatic N) is 2. The van der Waals surface area contributed by atoms with Crippen molar-refractivity contribution in [3.63, 3.8) is 0 Å². The molecule has 3 rings (SSSR count). The minimum atomic E-state index is -3.74. The maximum atomic E-state index is 13.0. The molecule has 0 unspecified atom stereocenters. The number of nitriles is 1. The maximum absolute atomic E-state index is 13.0. The Morgan fingerprint density at radius 3 is 2.73 bits per heavy atom.